The Morgan fingerprint density at radius 3 is 2.03 bits per heavy atom. The molecule has 0 spiro atoms. The summed E-state index contributed by atoms with van der Waals surface area (Å²) < 4.78 is 11.0. The van der Waals surface area contributed by atoms with Crippen molar-refractivity contribution in [3.63, 3.8) is 0 Å². The molecule has 2 aromatic carbocycles. The van der Waals surface area contributed by atoms with Crippen molar-refractivity contribution in [2.45, 2.75) is 12.6 Å². The summed E-state index contributed by atoms with van der Waals surface area (Å²) >= 11 is 0. The Morgan fingerprint density at radius 2 is 1.41 bits per heavy atom. The third-order valence-electron chi connectivity index (χ3n) is 6.84. The van der Waals surface area contributed by atoms with Gasteiger partial charge in [0, 0.05) is 37.6 Å². The zero-order valence-electron chi connectivity index (χ0n) is 20.7. The van der Waals surface area contributed by atoms with Gasteiger partial charge in [-0.2, -0.15) is 15.0 Å². The summed E-state index contributed by atoms with van der Waals surface area (Å²) in [5, 5.41) is 9.89. The second-order valence-corrected chi connectivity index (χ2v) is 9.41. The molecule has 2 saturated heterocycles. The number of hydrogen-bond donors (Lipinski definition) is 3. The smallest absolute Gasteiger partial charge is 0.255 e. The summed E-state index contributed by atoms with van der Waals surface area (Å²) in [5.41, 5.74) is 2.48. The predicted octanol–water partition coefficient (Wildman–Crippen LogP) is 2.32. The standard InChI is InChI=1S/C26H30N8O3/c1-26(31-21-5-3-2-4-20(21)22(35)32-26)18-6-8-19(9-7-18)27-23-28-24(33-10-14-36-15-11-33)30-25(29-23)34-12-16-37-17-13-34/h2-9,31H,10-17H2,1H3,(H,32,35)(H,27,28,29,30). The Bertz CT molecular complexity index is 1240. The Hall–Kier alpha value is -3.96. The maximum Gasteiger partial charge on any atom is 0.255 e. The molecule has 1 aromatic heterocycles. The predicted molar refractivity (Wildman–Crippen MR) is 140 cm³/mol. The molecule has 37 heavy (non-hydrogen) atoms. The van der Waals surface area contributed by atoms with E-state index in [9.17, 15) is 4.79 Å². The molecular formula is C26H30N8O3. The quantitative estimate of drug-likeness (QED) is 0.480. The minimum atomic E-state index is -0.732. The van der Waals surface area contributed by atoms with Crippen molar-refractivity contribution in [3.05, 3.63) is 59.7 Å². The zero-order chi connectivity index (χ0) is 25.2. The molecular weight excluding hydrogens is 472 g/mol. The molecule has 0 bridgehead atoms. The number of carbonyl (C=O) groups excluding carboxylic acids is 1. The first-order valence-electron chi connectivity index (χ1n) is 12.6. The number of benzene rings is 2. The van der Waals surface area contributed by atoms with E-state index in [0.717, 1.165) is 43.1 Å². The number of para-hydroxylation sites is 1. The highest BCUT2D eigenvalue weighted by molar-refractivity contribution is 6.02. The lowest BCUT2D eigenvalue weighted by Crippen LogP contribution is -2.52. The summed E-state index contributed by atoms with van der Waals surface area (Å²) in [6.45, 7) is 7.50. The van der Waals surface area contributed by atoms with E-state index >= 15 is 0 Å². The Labute approximate surface area is 215 Å². The highest BCUT2D eigenvalue weighted by Crippen LogP contribution is 2.31. The van der Waals surface area contributed by atoms with Crippen molar-refractivity contribution < 1.29 is 14.3 Å². The number of ether oxygens (including phenoxy) is 2. The van der Waals surface area contributed by atoms with Crippen molar-refractivity contribution in [3.8, 4) is 0 Å². The van der Waals surface area contributed by atoms with Gasteiger partial charge in [0.15, 0.2) is 0 Å². The number of anilines is 5. The number of nitrogens with one attached hydrogen (secondary N) is 3. The molecule has 1 unspecified atom stereocenters. The average molecular weight is 503 g/mol. The minimum Gasteiger partial charge on any atom is -0.378 e. The molecule has 1 amide bonds. The van der Waals surface area contributed by atoms with Crippen LogP contribution in [0.1, 0.15) is 22.8 Å². The maximum absolute atomic E-state index is 12.7. The van der Waals surface area contributed by atoms with Gasteiger partial charge in [-0.25, -0.2) is 0 Å². The van der Waals surface area contributed by atoms with Gasteiger partial charge in [0.1, 0.15) is 5.66 Å². The van der Waals surface area contributed by atoms with Gasteiger partial charge >= 0.3 is 0 Å². The summed E-state index contributed by atoms with van der Waals surface area (Å²) in [5.74, 6) is 1.66. The van der Waals surface area contributed by atoms with Crippen molar-refractivity contribution in [2.75, 3.05) is 73.0 Å². The molecule has 3 aliphatic heterocycles. The first kappa shape index (κ1) is 23.4. The lowest BCUT2D eigenvalue weighted by molar-refractivity contribution is 0.0906. The van der Waals surface area contributed by atoms with Crippen LogP contribution in [0.15, 0.2) is 48.5 Å². The molecule has 11 nitrogen and oxygen atoms in total. The van der Waals surface area contributed by atoms with Crippen LogP contribution in [0.5, 0.6) is 0 Å². The second-order valence-electron chi connectivity index (χ2n) is 9.41. The number of rotatable bonds is 5. The molecule has 4 heterocycles. The third-order valence-corrected chi connectivity index (χ3v) is 6.84. The average Bonchev–Trinajstić information content (AvgIpc) is 2.94. The van der Waals surface area contributed by atoms with E-state index in [1.165, 1.54) is 0 Å². The highest BCUT2D eigenvalue weighted by atomic mass is 16.5. The number of aromatic nitrogens is 3. The fraction of sp³-hybridized carbons (Fsp3) is 0.385. The second kappa shape index (κ2) is 9.83. The Morgan fingerprint density at radius 1 is 0.811 bits per heavy atom. The van der Waals surface area contributed by atoms with Gasteiger partial charge < -0.3 is 35.2 Å². The molecule has 192 valence electrons. The van der Waals surface area contributed by atoms with E-state index in [2.05, 4.69) is 25.8 Å². The summed E-state index contributed by atoms with van der Waals surface area (Å²) in [6.07, 6.45) is 0. The van der Waals surface area contributed by atoms with Crippen LogP contribution in [-0.2, 0) is 15.1 Å². The molecule has 2 fully saturated rings. The van der Waals surface area contributed by atoms with E-state index in [4.69, 9.17) is 24.4 Å². The van der Waals surface area contributed by atoms with Gasteiger partial charge in [0.2, 0.25) is 17.8 Å². The number of hydrogen-bond acceptors (Lipinski definition) is 10. The molecule has 3 aromatic rings. The molecule has 0 saturated carbocycles. The SMILES string of the molecule is CC1(c2ccc(Nc3nc(N4CCOCC4)nc(N4CCOCC4)n3)cc2)NC(=O)c2ccccc2N1. The highest BCUT2D eigenvalue weighted by Gasteiger charge is 2.34. The fourth-order valence-corrected chi connectivity index (χ4v) is 4.76. The van der Waals surface area contributed by atoms with Crippen molar-refractivity contribution in [1.82, 2.24) is 20.3 Å². The summed E-state index contributed by atoms with van der Waals surface area (Å²) in [4.78, 5) is 31.1. The van der Waals surface area contributed by atoms with Gasteiger partial charge in [-0.05, 0) is 36.8 Å². The first-order chi connectivity index (χ1) is 18.1. The molecule has 0 radical (unpaired) electrons. The van der Waals surface area contributed by atoms with Gasteiger partial charge in [0.05, 0.1) is 32.0 Å². The van der Waals surface area contributed by atoms with Crippen LogP contribution < -0.4 is 25.8 Å². The van der Waals surface area contributed by atoms with Crippen LogP contribution >= 0.6 is 0 Å². The van der Waals surface area contributed by atoms with Crippen LogP contribution in [0, 0.1) is 0 Å². The number of fused-ring (bicyclic) bond motifs is 1. The normalized spacial score (nSPS) is 21.6. The Balaban J connectivity index is 1.24. The van der Waals surface area contributed by atoms with E-state index in [1.807, 2.05) is 55.5 Å². The van der Waals surface area contributed by atoms with Crippen molar-refractivity contribution >= 4 is 35.1 Å². The summed E-state index contributed by atoms with van der Waals surface area (Å²) in [7, 11) is 0. The Kier molecular flexibility index (Phi) is 6.23. The van der Waals surface area contributed by atoms with Gasteiger partial charge in [-0.1, -0.05) is 24.3 Å². The number of amides is 1. The molecule has 6 rings (SSSR count). The molecule has 1 atom stereocenters. The van der Waals surface area contributed by atoms with E-state index in [0.29, 0.717) is 49.8 Å². The van der Waals surface area contributed by atoms with E-state index in [1.54, 1.807) is 0 Å². The molecule has 3 N–H and O–H groups in total. The monoisotopic (exact) mass is 502 g/mol. The van der Waals surface area contributed by atoms with Crippen LogP contribution in [-0.4, -0.2) is 73.5 Å². The van der Waals surface area contributed by atoms with Gasteiger partial charge in [-0.3, -0.25) is 4.79 Å². The lowest BCUT2D eigenvalue weighted by Gasteiger charge is -2.38. The van der Waals surface area contributed by atoms with Crippen LogP contribution in [0.25, 0.3) is 0 Å². The largest absolute Gasteiger partial charge is 0.378 e. The zero-order valence-corrected chi connectivity index (χ0v) is 20.7. The third kappa shape index (κ3) is 4.87. The van der Waals surface area contributed by atoms with Gasteiger partial charge in [0.25, 0.3) is 5.91 Å². The van der Waals surface area contributed by atoms with Crippen LogP contribution in [0.3, 0.4) is 0 Å². The van der Waals surface area contributed by atoms with E-state index < -0.39 is 5.66 Å². The lowest BCUT2D eigenvalue weighted by atomic mass is 9.96. The molecule has 0 aliphatic carbocycles. The van der Waals surface area contributed by atoms with Crippen LogP contribution in [0.4, 0.5) is 29.2 Å². The maximum atomic E-state index is 12.7. The number of morpholine rings is 2. The summed E-state index contributed by atoms with van der Waals surface area (Å²) in [6, 6.07) is 15.4. The van der Waals surface area contributed by atoms with E-state index in [-0.39, 0.29) is 5.91 Å². The van der Waals surface area contributed by atoms with Crippen LogP contribution in [0.2, 0.25) is 0 Å². The first-order valence-corrected chi connectivity index (χ1v) is 12.6. The minimum absolute atomic E-state index is 0.101. The van der Waals surface area contributed by atoms with Gasteiger partial charge in [-0.15, -0.1) is 0 Å². The molecule has 11 heteroatoms. The van der Waals surface area contributed by atoms with Crippen molar-refractivity contribution in [1.29, 1.82) is 0 Å². The fourth-order valence-electron chi connectivity index (χ4n) is 4.76. The molecule has 3 aliphatic rings. The van der Waals surface area contributed by atoms with Crippen molar-refractivity contribution in [2.24, 2.45) is 0 Å². The number of carbonyl (C=O) groups is 1. The number of nitrogens with zero attached hydrogens (tertiary/aromatic N) is 5. The topological polar surface area (TPSA) is 117 Å².